The van der Waals surface area contributed by atoms with Crippen LogP contribution in [0.3, 0.4) is 0 Å². The van der Waals surface area contributed by atoms with E-state index >= 15 is 0 Å². The maximum atomic E-state index is 13.2. The number of hydrogen-bond acceptors (Lipinski definition) is 6. The number of carbonyl (C=O) groups is 1. The number of amides is 1. The highest BCUT2D eigenvalue weighted by atomic mass is 16.5. The van der Waals surface area contributed by atoms with E-state index in [1.54, 1.807) is 19.5 Å². The Balaban J connectivity index is 1.12. The molecule has 1 aliphatic heterocycles. The molecule has 0 spiro atoms. The van der Waals surface area contributed by atoms with Gasteiger partial charge in [0.1, 0.15) is 12.1 Å². The van der Waals surface area contributed by atoms with Gasteiger partial charge in [-0.1, -0.05) is 6.07 Å². The maximum absolute atomic E-state index is 13.2. The third-order valence-corrected chi connectivity index (χ3v) is 8.69. The molecule has 0 unspecified atom stereocenters. The zero-order chi connectivity index (χ0) is 23.3. The second-order valence-corrected chi connectivity index (χ2v) is 11.3. The van der Waals surface area contributed by atoms with Crippen molar-refractivity contribution in [2.75, 3.05) is 19.0 Å². The number of phenols is 1. The Kier molecular flexibility index (Phi) is 5.47. The van der Waals surface area contributed by atoms with E-state index in [0.29, 0.717) is 24.5 Å². The second-order valence-electron chi connectivity index (χ2n) is 11.3. The number of hydrogen-bond donors (Lipinski definition) is 2. The molecule has 2 heterocycles. The summed E-state index contributed by atoms with van der Waals surface area (Å²) in [4.78, 5) is 24.5. The van der Waals surface area contributed by atoms with Gasteiger partial charge < -0.3 is 15.2 Å². The van der Waals surface area contributed by atoms with Crippen LogP contribution in [0.2, 0.25) is 0 Å². The summed E-state index contributed by atoms with van der Waals surface area (Å²) in [6, 6.07) is 5.47. The number of carbonyl (C=O) groups excluding carboxylic acids is 1. The predicted molar refractivity (Wildman–Crippen MR) is 128 cm³/mol. The summed E-state index contributed by atoms with van der Waals surface area (Å²) in [7, 11) is 1.56. The number of ether oxygens (including phenoxy) is 1. The van der Waals surface area contributed by atoms with Crippen molar-refractivity contribution in [2.24, 2.45) is 23.2 Å². The van der Waals surface area contributed by atoms with Crippen LogP contribution in [0.15, 0.2) is 24.5 Å². The number of rotatable bonds is 6. The standard InChI is InChI=1S/C27H34N4O3/c1-34-24-9-17(2-3-23(24)32)14-31-5-4-21-22(15-31)28-16-29-26(21)30-25(33)13-27-10-18-6-19(11-27)8-20(7-18)12-27/h2-3,9,16,18-20,32H,4-8,10-15H2,1H3,(H,28,29,30,33). The van der Waals surface area contributed by atoms with Crippen LogP contribution >= 0.6 is 0 Å². The summed E-state index contributed by atoms with van der Waals surface area (Å²) in [5.74, 6) is 4.02. The molecule has 4 aliphatic carbocycles. The second kappa shape index (κ2) is 8.52. The third-order valence-electron chi connectivity index (χ3n) is 8.69. The van der Waals surface area contributed by atoms with Crippen LogP contribution < -0.4 is 10.1 Å². The van der Waals surface area contributed by atoms with Gasteiger partial charge in [0.25, 0.3) is 0 Å². The topological polar surface area (TPSA) is 87.6 Å². The van der Waals surface area contributed by atoms with E-state index < -0.39 is 0 Å². The van der Waals surface area contributed by atoms with Gasteiger partial charge in [-0.2, -0.15) is 0 Å². The summed E-state index contributed by atoms with van der Waals surface area (Å²) in [5, 5.41) is 13.0. The number of nitrogens with one attached hydrogen (secondary N) is 1. The lowest BCUT2D eigenvalue weighted by molar-refractivity contribution is -0.124. The van der Waals surface area contributed by atoms with Crippen LogP contribution in [0.5, 0.6) is 11.5 Å². The molecule has 0 saturated heterocycles. The highest BCUT2D eigenvalue weighted by Crippen LogP contribution is 2.61. The summed E-state index contributed by atoms with van der Waals surface area (Å²) in [6.07, 6.45) is 10.9. The van der Waals surface area contributed by atoms with Crippen molar-refractivity contribution in [3.63, 3.8) is 0 Å². The average Bonchev–Trinajstić information content (AvgIpc) is 2.79. The van der Waals surface area contributed by atoms with Crippen molar-refractivity contribution in [1.29, 1.82) is 0 Å². The minimum Gasteiger partial charge on any atom is -0.504 e. The molecule has 7 heteroatoms. The molecular formula is C27H34N4O3. The smallest absolute Gasteiger partial charge is 0.226 e. The first-order valence-corrected chi connectivity index (χ1v) is 12.7. The molecule has 7 nitrogen and oxygen atoms in total. The Morgan fingerprint density at radius 1 is 1.18 bits per heavy atom. The van der Waals surface area contributed by atoms with Crippen LogP contribution in [0, 0.1) is 23.2 Å². The maximum Gasteiger partial charge on any atom is 0.226 e. The van der Waals surface area contributed by atoms with Crippen LogP contribution in [0.25, 0.3) is 0 Å². The van der Waals surface area contributed by atoms with E-state index in [1.807, 2.05) is 12.1 Å². The first-order valence-electron chi connectivity index (χ1n) is 12.7. The molecule has 0 atom stereocenters. The summed E-state index contributed by atoms with van der Waals surface area (Å²) in [5.41, 5.74) is 3.36. The zero-order valence-corrected chi connectivity index (χ0v) is 19.9. The lowest BCUT2D eigenvalue weighted by Crippen LogP contribution is -2.47. The third kappa shape index (κ3) is 4.15. The molecule has 2 aromatic rings. The number of aromatic hydroxyl groups is 1. The first-order chi connectivity index (χ1) is 16.5. The van der Waals surface area contributed by atoms with E-state index in [2.05, 4.69) is 20.2 Å². The quantitative estimate of drug-likeness (QED) is 0.666. The van der Waals surface area contributed by atoms with Crippen molar-refractivity contribution in [3.8, 4) is 11.5 Å². The molecular weight excluding hydrogens is 428 g/mol. The van der Waals surface area contributed by atoms with Gasteiger partial charge in [0.05, 0.1) is 12.8 Å². The van der Waals surface area contributed by atoms with E-state index in [0.717, 1.165) is 54.1 Å². The number of aromatic nitrogens is 2. The van der Waals surface area contributed by atoms with Crippen molar-refractivity contribution >= 4 is 11.7 Å². The van der Waals surface area contributed by atoms with E-state index in [4.69, 9.17) is 4.74 Å². The Morgan fingerprint density at radius 3 is 2.62 bits per heavy atom. The van der Waals surface area contributed by atoms with Gasteiger partial charge in [-0.25, -0.2) is 9.97 Å². The highest BCUT2D eigenvalue weighted by Gasteiger charge is 2.51. The van der Waals surface area contributed by atoms with Gasteiger partial charge in [0.2, 0.25) is 5.91 Å². The summed E-state index contributed by atoms with van der Waals surface area (Å²) in [6.45, 7) is 2.31. The Hall–Kier alpha value is -2.67. The van der Waals surface area contributed by atoms with Crippen LogP contribution in [-0.4, -0.2) is 39.5 Å². The SMILES string of the molecule is COc1cc(CN2CCc3c(ncnc3NC(=O)CC34CC5CC(CC(C5)C3)C4)C2)ccc1O. The number of anilines is 1. The molecule has 4 saturated carbocycles. The Bertz CT molecular complexity index is 1070. The average molecular weight is 463 g/mol. The van der Waals surface area contributed by atoms with Gasteiger partial charge >= 0.3 is 0 Å². The number of fused-ring (bicyclic) bond motifs is 1. The van der Waals surface area contributed by atoms with Crippen LogP contribution in [0.4, 0.5) is 5.82 Å². The van der Waals surface area contributed by atoms with Crippen molar-refractivity contribution in [1.82, 2.24) is 14.9 Å². The normalized spacial score (nSPS) is 29.6. The predicted octanol–water partition coefficient (Wildman–Crippen LogP) is 4.29. The molecule has 1 amide bonds. The molecule has 2 N–H and O–H groups in total. The fourth-order valence-corrected chi connectivity index (χ4v) is 7.75. The first kappa shape index (κ1) is 21.8. The Morgan fingerprint density at radius 2 is 1.91 bits per heavy atom. The zero-order valence-electron chi connectivity index (χ0n) is 19.9. The van der Waals surface area contributed by atoms with Crippen molar-refractivity contribution in [3.05, 3.63) is 41.3 Å². The lowest BCUT2D eigenvalue weighted by Gasteiger charge is -2.56. The van der Waals surface area contributed by atoms with E-state index in [1.165, 1.54) is 38.5 Å². The van der Waals surface area contributed by atoms with Crippen molar-refractivity contribution in [2.45, 2.75) is 64.5 Å². The van der Waals surface area contributed by atoms with Gasteiger partial charge in [-0.15, -0.1) is 0 Å². The minimum absolute atomic E-state index is 0.126. The molecule has 7 rings (SSSR count). The molecule has 5 aliphatic rings. The number of nitrogens with zero attached hydrogens (tertiary/aromatic N) is 3. The molecule has 34 heavy (non-hydrogen) atoms. The fraction of sp³-hybridized carbons (Fsp3) is 0.593. The van der Waals surface area contributed by atoms with Gasteiger partial charge in [0, 0.05) is 31.6 Å². The van der Waals surface area contributed by atoms with Gasteiger partial charge in [-0.05, 0) is 85.8 Å². The lowest BCUT2D eigenvalue weighted by atomic mass is 9.49. The Labute approximate surface area is 200 Å². The minimum atomic E-state index is 0.126. The highest BCUT2D eigenvalue weighted by molar-refractivity contribution is 5.91. The van der Waals surface area contributed by atoms with Crippen molar-refractivity contribution < 1.29 is 14.6 Å². The van der Waals surface area contributed by atoms with E-state index in [-0.39, 0.29) is 17.1 Å². The molecule has 4 fully saturated rings. The number of methoxy groups -OCH3 is 1. The van der Waals surface area contributed by atoms with E-state index in [9.17, 15) is 9.90 Å². The monoisotopic (exact) mass is 462 g/mol. The van der Waals surface area contributed by atoms with Gasteiger partial charge in [0.15, 0.2) is 11.5 Å². The molecule has 0 radical (unpaired) electrons. The van der Waals surface area contributed by atoms with Crippen LogP contribution in [0.1, 0.15) is 61.8 Å². The molecule has 1 aromatic carbocycles. The van der Waals surface area contributed by atoms with Gasteiger partial charge in [-0.3, -0.25) is 9.69 Å². The molecule has 180 valence electrons. The fourth-order valence-electron chi connectivity index (χ4n) is 7.75. The summed E-state index contributed by atoms with van der Waals surface area (Å²) < 4.78 is 5.24. The van der Waals surface area contributed by atoms with Crippen LogP contribution in [-0.2, 0) is 24.3 Å². The summed E-state index contributed by atoms with van der Waals surface area (Å²) >= 11 is 0. The molecule has 1 aromatic heterocycles. The largest absolute Gasteiger partial charge is 0.504 e. The number of phenolic OH excluding ortho intramolecular Hbond substituents is 1. The molecule has 4 bridgehead atoms. The number of benzene rings is 1.